The molecule has 1 aliphatic heterocycles. The van der Waals surface area contributed by atoms with Gasteiger partial charge in [-0.3, -0.25) is 0 Å². The van der Waals surface area contributed by atoms with Crippen LogP contribution in [0.25, 0.3) is 0 Å². The van der Waals surface area contributed by atoms with Crippen molar-refractivity contribution in [3.05, 3.63) is 29.3 Å². The van der Waals surface area contributed by atoms with Gasteiger partial charge >= 0.3 is 0 Å². The average molecular weight is 260 g/mol. The number of anilines is 1. The number of benzene rings is 1. The third-order valence-corrected chi connectivity index (χ3v) is 4.38. The van der Waals surface area contributed by atoms with Gasteiger partial charge in [0.25, 0.3) is 0 Å². The average Bonchev–Trinajstić information content (AvgIpc) is 2.40. The van der Waals surface area contributed by atoms with Gasteiger partial charge in [0.1, 0.15) is 0 Å². The Morgan fingerprint density at radius 3 is 2.68 bits per heavy atom. The van der Waals surface area contributed by atoms with Gasteiger partial charge in [-0.1, -0.05) is 13.0 Å². The molecule has 19 heavy (non-hydrogen) atoms. The largest absolute Gasteiger partial charge is 0.369 e. The number of piperidine rings is 1. The van der Waals surface area contributed by atoms with Crippen LogP contribution in [0.1, 0.15) is 44.2 Å². The Labute approximate surface area is 118 Å². The van der Waals surface area contributed by atoms with Gasteiger partial charge in [0, 0.05) is 24.3 Å². The van der Waals surface area contributed by atoms with Crippen LogP contribution >= 0.6 is 0 Å². The fourth-order valence-electron chi connectivity index (χ4n) is 2.99. The first-order valence-electron chi connectivity index (χ1n) is 7.69. The van der Waals surface area contributed by atoms with Crippen molar-refractivity contribution < 1.29 is 0 Å². The van der Waals surface area contributed by atoms with Gasteiger partial charge in [-0.2, -0.15) is 0 Å². The molecule has 1 heterocycles. The Morgan fingerprint density at radius 2 is 2.05 bits per heavy atom. The smallest absolute Gasteiger partial charge is 0.0371 e. The zero-order chi connectivity index (χ0) is 13.8. The standard InChI is InChI=1S/C17H28N2/c1-5-9-18-16-8-10-19(15(4)12-16)17-7-6-13(2)14(3)11-17/h6-7,11,15-16,18H,5,8-10,12H2,1-4H3. The molecule has 0 bridgehead atoms. The van der Waals surface area contributed by atoms with Gasteiger partial charge in [0.05, 0.1) is 0 Å². The topological polar surface area (TPSA) is 15.3 Å². The van der Waals surface area contributed by atoms with E-state index in [0.717, 1.165) is 6.54 Å². The van der Waals surface area contributed by atoms with E-state index in [1.165, 1.54) is 42.6 Å². The van der Waals surface area contributed by atoms with Gasteiger partial charge < -0.3 is 10.2 Å². The van der Waals surface area contributed by atoms with Crippen molar-refractivity contribution in [3.63, 3.8) is 0 Å². The molecule has 1 saturated heterocycles. The lowest BCUT2D eigenvalue weighted by Gasteiger charge is -2.40. The van der Waals surface area contributed by atoms with Crippen LogP contribution in [0.4, 0.5) is 5.69 Å². The van der Waals surface area contributed by atoms with Crippen molar-refractivity contribution in [3.8, 4) is 0 Å². The minimum absolute atomic E-state index is 0.630. The van der Waals surface area contributed by atoms with Crippen molar-refractivity contribution >= 4 is 5.69 Å². The lowest BCUT2D eigenvalue weighted by Crippen LogP contribution is -2.47. The number of aryl methyl sites for hydroxylation is 2. The number of hydrogen-bond acceptors (Lipinski definition) is 2. The fraction of sp³-hybridized carbons (Fsp3) is 0.647. The first kappa shape index (κ1) is 14.4. The molecule has 2 rings (SSSR count). The van der Waals surface area contributed by atoms with E-state index in [2.05, 4.69) is 56.1 Å². The third-order valence-electron chi connectivity index (χ3n) is 4.38. The zero-order valence-corrected chi connectivity index (χ0v) is 12.9. The number of hydrogen-bond donors (Lipinski definition) is 1. The molecule has 2 heteroatoms. The Balaban J connectivity index is 2.01. The molecule has 1 fully saturated rings. The van der Waals surface area contributed by atoms with Crippen molar-refractivity contribution in [1.82, 2.24) is 5.32 Å². The second-order valence-electron chi connectivity index (χ2n) is 5.99. The molecule has 1 aromatic rings. The number of nitrogens with one attached hydrogen (secondary N) is 1. The van der Waals surface area contributed by atoms with E-state index in [1.807, 2.05) is 0 Å². The van der Waals surface area contributed by atoms with Crippen LogP contribution in [-0.2, 0) is 0 Å². The Bertz CT molecular complexity index is 414. The van der Waals surface area contributed by atoms with E-state index in [4.69, 9.17) is 0 Å². The summed E-state index contributed by atoms with van der Waals surface area (Å²) in [6.45, 7) is 11.3. The summed E-state index contributed by atoms with van der Waals surface area (Å²) in [5.41, 5.74) is 4.18. The molecule has 0 aromatic heterocycles. The van der Waals surface area contributed by atoms with Crippen molar-refractivity contribution in [1.29, 1.82) is 0 Å². The molecule has 0 aliphatic carbocycles. The zero-order valence-electron chi connectivity index (χ0n) is 12.9. The molecule has 1 aromatic carbocycles. The highest BCUT2D eigenvalue weighted by Gasteiger charge is 2.25. The maximum absolute atomic E-state index is 3.67. The van der Waals surface area contributed by atoms with Gasteiger partial charge in [-0.15, -0.1) is 0 Å². The predicted molar refractivity (Wildman–Crippen MR) is 84.0 cm³/mol. The molecule has 0 amide bonds. The summed E-state index contributed by atoms with van der Waals surface area (Å²) in [4.78, 5) is 2.57. The first-order chi connectivity index (χ1) is 9.11. The molecule has 0 radical (unpaired) electrons. The Kier molecular flexibility index (Phi) is 4.87. The van der Waals surface area contributed by atoms with Crippen LogP contribution < -0.4 is 10.2 Å². The fourth-order valence-corrected chi connectivity index (χ4v) is 2.99. The lowest BCUT2D eigenvalue weighted by molar-refractivity contribution is 0.369. The molecule has 106 valence electrons. The molecule has 2 unspecified atom stereocenters. The van der Waals surface area contributed by atoms with Gasteiger partial charge in [-0.05, 0) is 69.8 Å². The van der Waals surface area contributed by atoms with E-state index in [-0.39, 0.29) is 0 Å². The summed E-state index contributed by atoms with van der Waals surface area (Å²) in [5.74, 6) is 0. The first-order valence-corrected chi connectivity index (χ1v) is 7.69. The van der Waals surface area contributed by atoms with Gasteiger partial charge in [-0.25, -0.2) is 0 Å². The third kappa shape index (κ3) is 3.50. The summed E-state index contributed by atoms with van der Waals surface area (Å²) >= 11 is 0. The molecule has 1 aliphatic rings. The normalized spacial score (nSPS) is 23.7. The molecular weight excluding hydrogens is 232 g/mol. The van der Waals surface area contributed by atoms with Crippen molar-refractivity contribution in [2.24, 2.45) is 0 Å². The summed E-state index contributed by atoms with van der Waals surface area (Å²) in [5, 5.41) is 3.67. The molecule has 0 saturated carbocycles. The second kappa shape index (κ2) is 6.42. The highest BCUT2D eigenvalue weighted by atomic mass is 15.2. The number of nitrogens with zero attached hydrogens (tertiary/aromatic N) is 1. The van der Waals surface area contributed by atoms with Gasteiger partial charge in [0.15, 0.2) is 0 Å². The summed E-state index contributed by atoms with van der Waals surface area (Å²) in [6, 6.07) is 8.20. The Morgan fingerprint density at radius 1 is 1.26 bits per heavy atom. The van der Waals surface area contributed by atoms with Crippen LogP contribution in [0.2, 0.25) is 0 Å². The lowest BCUT2D eigenvalue weighted by atomic mass is 9.96. The maximum atomic E-state index is 3.67. The molecule has 2 nitrogen and oxygen atoms in total. The second-order valence-corrected chi connectivity index (χ2v) is 5.99. The van der Waals surface area contributed by atoms with Gasteiger partial charge in [0.2, 0.25) is 0 Å². The van der Waals surface area contributed by atoms with E-state index in [0.29, 0.717) is 12.1 Å². The van der Waals surface area contributed by atoms with Crippen LogP contribution in [0, 0.1) is 13.8 Å². The molecule has 2 atom stereocenters. The minimum atomic E-state index is 0.630. The monoisotopic (exact) mass is 260 g/mol. The SMILES string of the molecule is CCCNC1CCN(c2ccc(C)c(C)c2)C(C)C1. The maximum Gasteiger partial charge on any atom is 0.0371 e. The Hall–Kier alpha value is -1.02. The summed E-state index contributed by atoms with van der Waals surface area (Å²) < 4.78 is 0. The predicted octanol–water partition coefficient (Wildman–Crippen LogP) is 3.66. The van der Waals surface area contributed by atoms with Crippen LogP contribution in [0.5, 0.6) is 0 Å². The van der Waals surface area contributed by atoms with Crippen LogP contribution in [0.3, 0.4) is 0 Å². The molecular formula is C17H28N2. The van der Waals surface area contributed by atoms with Crippen LogP contribution in [0.15, 0.2) is 18.2 Å². The molecule has 0 spiro atoms. The van der Waals surface area contributed by atoms with E-state index >= 15 is 0 Å². The van der Waals surface area contributed by atoms with E-state index < -0.39 is 0 Å². The quantitative estimate of drug-likeness (QED) is 0.889. The van der Waals surface area contributed by atoms with Crippen LogP contribution in [-0.4, -0.2) is 25.2 Å². The number of rotatable bonds is 4. The minimum Gasteiger partial charge on any atom is -0.369 e. The highest BCUT2D eigenvalue weighted by Crippen LogP contribution is 2.26. The molecule has 1 N–H and O–H groups in total. The van der Waals surface area contributed by atoms with Crippen molar-refractivity contribution in [2.75, 3.05) is 18.0 Å². The van der Waals surface area contributed by atoms with E-state index in [1.54, 1.807) is 0 Å². The summed E-state index contributed by atoms with van der Waals surface area (Å²) in [6.07, 6.45) is 3.75. The summed E-state index contributed by atoms with van der Waals surface area (Å²) in [7, 11) is 0. The highest BCUT2D eigenvalue weighted by molar-refractivity contribution is 5.51. The van der Waals surface area contributed by atoms with Crippen molar-refractivity contribution in [2.45, 2.75) is 59.0 Å². The van der Waals surface area contributed by atoms with E-state index in [9.17, 15) is 0 Å².